The molecule has 1 atom stereocenters. The van der Waals surface area contributed by atoms with Crippen LogP contribution in [0, 0.1) is 12.3 Å². The fraction of sp³-hybridized carbons (Fsp3) is 0.533. The van der Waals surface area contributed by atoms with Gasteiger partial charge in [-0.1, -0.05) is 20.8 Å². The molecule has 2 heterocycles. The van der Waals surface area contributed by atoms with Crippen LogP contribution in [-0.2, 0) is 13.1 Å². The minimum absolute atomic E-state index is 0.00105. The quantitative estimate of drug-likeness (QED) is 0.889. The molecule has 6 nitrogen and oxygen atoms in total. The Morgan fingerprint density at radius 1 is 1.45 bits per heavy atom. The molecule has 0 saturated heterocycles. The van der Waals surface area contributed by atoms with Crippen LogP contribution < -0.4 is 10.6 Å². The van der Waals surface area contributed by atoms with Crippen molar-refractivity contribution in [1.29, 1.82) is 0 Å². The predicted molar refractivity (Wildman–Crippen MR) is 87.7 cm³/mol. The number of rotatable bonds is 5. The molecule has 2 N–H and O–H groups in total. The average Bonchev–Trinajstić information content (AvgIpc) is 3.06. The van der Waals surface area contributed by atoms with Crippen LogP contribution in [-0.4, -0.2) is 26.6 Å². The van der Waals surface area contributed by atoms with E-state index in [1.54, 1.807) is 23.9 Å². The van der Waals surface area contributed by atoms with Crippen molar-refractivity contribution >= 4 is 17.4 Å². The molecule has 120 valence electrons. The van der Waals surface area contributed by atoms with Gasteiger partial charge in [0.25, 0.3) is 0 Å². The van der Waals surface area contributed by atoms with Gasteiger partial charge >= 0.3 is 6.03 Å². The van der Waals surface area contributed by atoms with Crippen LogP contribution in [0.1, 0.15) is 31.5 Å². The van der Waals surface area contributed by atoms with E-state index in [0.29, 0.717) is 13.1 Å². The van der Waals surface area contributed by atoms with E-state index in [2.05, 4.69) is 41.4 Å². The summed E-state index contributed by atoms with van der Waals surface area (Å²) >= 11 is 1.58. The summed E-state index contributed by atoms with van der Waals surface area (Å²) in [4.78, 5) is 20.5. The number of thiazole rings is 1. The van der Waals surface area contributed by atoms with Gasteiger partial charge in [-0.05, 0) is 12.3 Å². The number of amides is 2. The Bertz CT molecular complexity index is 600. The van der Waals surface area contributed by atoms with E-state index >= 15 is 0 Å². The smallest absolute Gasteiger partial charge is 0.315 e. The second kappa shape index (κ2) is 6.91. The van der Waals surface area contributed by atoms with Gasteiger partial charge in [-0.2, -0.15) is 0 Å². The first-order chi connectivity index (χ1) is 10.3. The van der Waals surface area contributed by atoms with E-state index in [1.807, 2.05) is 23.1 Å². The van der Waals surface area contributed by atoms with E-state index in [0.717, 1.165) is 10.7 Å². The summed E-state index contributed by atoms with van der Waals surface area (Å²) in [5.74, 6) is 0. The largest absolute Gasteiger partial charge is 0.335 e. The molecule has 0 aliphatic carbocycles. The maximum atomic E-state index is 12.1. The van der Waals surface area contributed by atoms with Crippen LogP contribution in [0.15, 0.2) is 24.1 Å². The molecule has 2 rings (SSSR count). The summed E-state index contributed by atoms with van der Waals surface area (Å²) < 4.78 is 1.97. The molecule has 0 spiro atoms. The number of aryl methyl sites for hydroxylation is 1. The van der Waals surface area contributed by atoms with Crippen LogP contribution in [0.2, 0.25) is 0 Å². The molecule has 22 heavy (non-hydrogen) atoms. The Balaban J connectivity index is 1.90. The molecule has 0 fully saturated rings. The Kier molecular flexibility index (Phi) is 5.18. The van der Waals surface area contributed by atoms with Gasteiger partial charge in [0.05, 0.1) is 29.6 Å². The van der Waals surface area contributed by atoms with Gasteiger partial charge in [-0.15, -0.1) is 11.3 Å². The number of carbonyl (C=O) groups excluding carboxylic acids is 1. The predicted octanol–water partition coefficient (Wildman–Crippen LogP) is 2.56. The molecule has 0 aliphatic heterocycles. The zero-order valence-corrected chi connectivity index (χ0v) is 14.3. The van der Waals surface area contributed by atoms with Gasteiger partial charge in [-0.25, -0.2) is 14.8 Å². The summed E-state index contributed by atoms with van der Waals surface area (Å²) in [6.45, 7) is 9.41. The maximum absolute atomic E-state index is 12.1. The molecule has 0 saturated carbocycles. The van der Waals surface area contributed by atoms with Crippen LogP contribution in [0.5, 0.6) is 0 Å². The first-order valence-corrected chi connectivity index (χ1v) is 8.13. The van der Waals surface area contributed by atoms with Crippen molar-refractivity contribution in [1.82, 2.24) is 25.2 Å². The lowest BCUT2D eigenvalue weighted by Crippen LogP contribution is -2.49. The standard InChI is InChI=1S/C15H23N5OS/c1-11-18-12(9-22-11)7-17-14(21)19-13(15(2,3)4)8-20-6-5-16-10-20/h5-6,9-10,13H,7-8H2,1-4H3,(H2,17,19,21). The normalized spacial score (nSPS) is 12.9. The molecule has 2 aromatic rings. The number of aromatic nitrogens is 3. The molecular weight excluding hydrogens is 298 g/mol. The lowest BCUT2D eigenvalue weighted by atomic mass is 9.86. The molecule has 0 aromatic carbocycles. The molecule has 0 radical (unpaired) electrons. The fourth-order valence-electron chi connectivity index (χ4n) is 2.01. The van der Waals surface area contributed by atoms with Gasteiger partial charge < -0.3 is 15.2 Å². The Hall–Kier alpha value is -1.89. The van der Waals surface area contributed by atoms with Crippen LogP contribution >= 0.6 is 11.3 Å². The summed E-state index contributed by atoms with van der Waals surface area (Å²) in [5, 5.41) is 8.88. The SMILES string of the molecule is Cc1nc(CNC(=O)NC(Cn2ccnc2)C(C)(C)C)cs1. The van der Waals surface area contributed by atoms with E-state index in [4.69, 9.17) is 0 Å². The van der Waals surface area contributed by atoms with Crippen molar-refractivity contribution in [2.45, 2.75) is 46.8 Å². The van der Waals surface area contributed by atoms with Gasteiger partial charge in [0.2, 0.25) is 0 Å². The molecule has 1 unspecified atom stereocenters. The van der Waals surface area contributed by atoms with Crippen LogP contribution in [0.3, 0.4) is 0 Å². The van der Waals surface area contributed by atoms with Crippen molar-refractivity contribution < 1.29 is 4.79 Å². The van der Waals surface area contributed by atoms with Crippen molar-refractivity contribution in [3.8, 4) is 0 Å². The lowest BCUT2D eigenvalue weighted by molar-refractivity contribution is 0.209. The summed E-state index contributed by atoms with van der Waals surface area (Å²) in [6, 6.07) is -0.176. The lowest BCUT2D eigenvalue weighted by Gasteiger charge is -2.31. The zero-order valence-electron chi connectivity index (χ0n) is 13.5. The summed E-state index contributed by atoms with van der Waals surface area (Å²) in [7, 11) is 0. The number of hydrogen-bond acceptors (Lipinski definition) is 4. The van der Waals surface area contributed by atoms with Gasteiger partial charge in [0.1, 0.15) is 0 Å². The molecule has 2 amide bonds. The van der Waals surface area contributed by atoms with Gasteiger partial charge in [0.15, 0.2) is 0 Å². The number of nitrogens with one attached hydrogen (secondary N) is 2. The topological polar surface area (TPSA) is 71.8 Å². The maximum Gasteiger partial charge on any atom is 0.315 e. The van der Waals surface area contributed by atoms with E-state index < -0.39 is 0 Å². The number of urea groups is 1. The molecular formula is C15H23N5OS. The Morgan fingerprint density at radius 3 is 2.77 bits per heavy atom. The Morgan fingerprint density at radius 2 is 2.23 bits per heavy atom. The third-order valence-electron chi connectivity index (χ3n) is 3.40. The molecule has 0 aliphatic rings. The first kappa shape index (κ1) is 16.5. The number of nitrogens with zero attached hydrogens (tertiary/aromatic N) is 3. The first-order valence-electron chi connectivity index (χ1n) is 7.25. The monoisotopic (exact) mass is 321 g/mol. The van der Waals surface area contributed by atoms with E-state index in [1.165, 1.54) is 0 Å². The highest BCUT2D eigenvalue weighted by Crippen LogP contribution is 2.20. The van der Waals surface area contributed by atoms with E-state index in [9.17, 15) is 4.79 Å². The second-order valence-electron chi connectivity index (χ2n) is 6.36. The summed E-state index contributed by atoms with van der Waals surface area (Å²) in [5.41, 5.74) is 0.832. The average molecular weight is 321 g/mol. The zero-order chi connectivity index (χ0) is 16.2. The third kappa shape index (κ3) is 4.84. The van der Waals surface area contributed by atoms with Crippen LogP contribution in [0.4, 0.5) is 4.79 Å². The fourth-order valence-corrected chi connectivity index (χ4v) is 2.62. The minimum Gasteiger partial charge on any atom is -0.335 e. The van der Waals surface area contributed by atoms with Crippen LogP contribution in [0.25, 0.3) is 0 Å². The van der Waals surface area contributed by atoms with Crippen molar-refractivity contribution in [3.63, 3.8) is 0 Å². The molecule has 2 aromatic heterocycles. The third-order valence-corrected chi connectivity index (χ3v) is 4.22. The second-order valence-corrected chi connectivity index (χ2v) is 7.43. The number of imidazole rings is 1. The van der Waals surface area contributed by atoms with Crippen molar-refractivity contribution in [2.75, 3.05) is 0 Å². The molecule has 0 bridgehead atoms. The highest BCUT2D eigenvalue weighted by Gasteiger charge is 2.26. The molecule has 7 heteroatoms. The van der Waals surface area contributed by atoms with Gasteiger partial charge in [-0.3, -0.25) is 0 Å². The highest BCUT2D eigenvalue weighted by molar-refractivity contribution is 7.09. The number of carbonyl (C=O) groups is 1. The van der Waals surface area contributed by atoms with Crippen molar-refractivity contribution in [3.05, 3.63) is 34.8 Å². The van der Waals surface area contributed by atoms with Gasteiger partial charge in [0, 0.05) is 24.3 Å². The highest BCUT2D eigenvalue weighted by atomic mass is 32.1. The number of hydrogen-bond donors (Lipinski definition) is 2. The minimum atomic E-state index is -0.175. The Labute approximate surface area is 135 Å². The summed E-state index contributed by atoms with van der Waals surface area (Å²) in [6.07, 6.45) is 5.40. The van der Waals surface area contributed by atoms with E-state index in [-0.39, 0.29) is 17.5 Å². The van der Waals surface area contributed by atoms with Crippen molar-refractivity contribution in [2.24, 2.45) is 5.41 Å².